The second-order valence-electron chi connectivity index (χ2n) is 5.31. The molecular formula is C15H18ClN3OS. The van der Waals surface area contributed by atoms with Gasteiger partial charge in [0.05, 0.1) is 6.61 Å². The van der Waals surface area contributed by atoms with Gasteiger partial charge in [0.2, 0.25) is 5.88 Å². The summed E-state index contributed by atoms with van der Waals surface area (Å²) in [5.74, 6) is 1.02. The van der Waals surface area contributed by atoms with Crippen molar-refractivity contribution < 1.29 is 4.74 Å². The van der Waals surface area contributed by atoms with Crippen LogP contribution in [0.1, 0.15) is 17.7 Å². The zero-order valence-corrected chi connectivity index (χ0v) is 13.5. The van der Waals surface area contributed by atoms with Gasteiger partial charge >= 0.3 is 0 Å². The summed E-state index contributed by atoms with van der Waals surface area (Å²) in [4.78, 5) is 12.3. The Bertz CT molecular complexity index is 604. The van der Waals surface area contributed by atoms with Crippen LogP contribution in [0.4, 0.5) is 5.13 Å². The van der Waals surface area contributed by atoms with E-state index in [-0.39, 0.29) is 0 Å². The molecule has 0 spiro atoms. The first-order valence-electron chi connectivity index (χ1n) is 7.13. The molecule has 1 fully saturated rings. The van der Waals surface area contributed by atoms with Gasteiger partial charge in [-0.2, -0.15) is 0 Å². The molecule has 0 aliphatic carbocycles. The molecule has 1 saturated heterocycles. The Morgan fingerprint density at radius 3 is 3.14 bits per heavy atom. The van der Waals surface area contributed by atoms with Gasteiger partial charge in [0, 0.05) is 36.3 Å². The summed E-state index contributed by atoms with van der Waals surface area (Å²) in [5, 5.41) is 1.69. The van der Waals surface area contributed by atoms with E-state index in [0.717, 1.165) is 18.2 Å². The molecular weight excluding hydrogens is 306 g/mol. The molecule has 0 amide bonds. The minimum atomic E-state index is 0.487. The Labute approximate surface area is 133 Å². The number of hydrogen-bond donors (Lipinski definition) is 0. The minimum Gasteiger partial charge on any atom is -0.476 e. The average Bonchev–Trinajstić information content (AvgIpc) is 2.93. The van der Waals surface area contributed by atoms with Crippen molar-refractivity contribution in [3.05, 3.63) is 34.4 Å². The van der Waals surface area contributed by atoms with Crippen LogP contribution in [0, 0.1) is 12.8 Å². The molecule has 6 heteroatoms. The second kappa shape index (κ2) is 6.62. The largest absolute Gasteiger partial charge is 0.476 e. The number of halogens is 1. The maximum Gasteiger partial charge on any atom is 0.232 e. The predicted molar refractivity (Wildman–Crippen MR) is 86.5 cm³/mol. The molecule has 0 aromatic carbocycles. The van der Waals surface area contributed by atoms with Gasteiger partial charge in [-0.1, -0.05) is 11.6 Å². The van der Waals surface area contributed by atoms with Crippen molar-refractivity contribution in [3.8, 4) is 5.88 Å². The van der Waals surface area contributed by atoms with E-state index in [1.165, 1.54) is 17.7 Å². The molecule has 0 saturated carbocycles. The Morgan fingerprint density at radius 1 is 1.48 bits per heavy atom. The van der Waals surface area contributed by atoms with Crippen LogP contribution < -0.4 is 9.64 Å². The molecule has 0 N–H and O–H groups in total. The molecule has 2 aromatic heterocycles. The third-order valence-corrected chi connectivity index (χ3v) is 4.84. The summed E-state index contributed by atoms with van der Waals surface area (Å²) in [6.45, 7) is 4.80. The van der Waals surface area contributed by atoms with Crippen molar-refractivity contribution in [2.75, 3.05) is 24.6 Å². The molecule has 2 aromatic rings. The molecule has 112 valence electrons. The maximum atomic E-state index is 6.06. The third kappa shape index (κ3) is 3.66. The van der Waals surface area contributed by atoms with Crippen molar-refractivity contribution in [2.24, 2.45) is 5.92 Å². The predicted octanol–water partition coefficient (Wildman–Crippen LogP) is 3.80. The highest BCUT2D eigenvalue weighted by atomic mass is 35.5. The Morgan fingerprint density at radius 2 is 2.38 bits per heavy atom. The lowest BCUT2D eigenvalue weighted by atomic mass is 9.99. The number of thiazole rings is 1. The highest BCUT2D eigenvalue weighted by molar-refractivity contribution is 7.15. The summed E-state index contributed by atoms with van der Waals surface area (Å²) in [5.41, 5.74) is 0. The fourth-order valence-corrected chi connectivity index (χ4v) is 3.51. The molecule has 0 radical (unpaired) electrons. The van der Waals surface area contributed by atoms with E-state index < -0.39 is 0 Å². The smallest absolute Gasteiger partial charge is 0.232 e. The first-order valence-corrected chi connectivity index (χ1v) is 8.32. The summed E-state index contributed by atoms with van der Waals surface area (Å²) in [6.07, 6.45) is 5.98. The normalized spacial score (nSPS) is 18.8. The average molecular weight is 324 g/mol. The molecule has 1 atom stereocenters. The van der Waals surface area contributed by atoms with Crippen LogP contribution in [0.15, 0.2) is 24.5 Å². The first kappa shape index (κ1) is 14.6. The number of aromatic nitrogens is 2. The lowest BCUT2D eigenvalue weighted by molar-refractivity contribution is 0.222. The SMILES string of the molecule is Cc1cnc(N2CCCC(COc3ncccc3Cl)C2)s1. The standard InChI is InChI=1S/C15H18ClN3OS/c1-11-8-18-15(21-11)19-7-3-4-12(9-19)10-20-14-13(16)5-2-6-17-14/h2,5-6,8,12H,3-4,7,9-10H2,1H3. The quantitative estimate of drug-likeness (QED) is 0.858. The Hall–Kier alpha value is -1.33. The van der Waals surface area contributed by atoms with Crippen LogP contribution in [0.5, 0.6) is 5.88 Å². The van der Waals surface area contributed by atoms with Crippen molar-refractivity contribution in [1.29, 1.82) is 0 Å². The number of anilines is 1. The van der Waals surface area contributed by atoms with Crippen molar-refractivity contribution in [1.82, 2.24) is 9.97 Å². The number of nitrogens with zero attached hydrogens (tertiary/aromatic N) is 3. The monoisotopic (exact) mass is 323 g/mol. The van der Waals surface area contributed by atoms with Gasteiger partial charge < -0.3 is 9.64 Å². The summed E-state index contributed by atoms with van der Waals surface area (Å²) in [6, 6.07) is 3.61. The van der Waals surface area contributed by atoms with Gasteiger partial charge in [-0.05, 0) is 31.9 Å². The van der Waals surface area contributed by atoms with Gasteiger partial charge in [0.1, 0.15) is 5.02 Å². The molecule has 1 unspecified atom stereocenters. The van der Waals surface area contributed by atoms with E-state index in [2.05, 4.69) is 21.8 Å². The highest BCUT2D eigenvalue weighted by Gasteiger charge is 2.22. The Kier molecular flexibility index (Phi) is 4.60. The number of ether oxygens (including phenoxy) is 1. The Balaban J connectivity index is 1.58. The van der Waals surface area contributed by atoms with Crippen LogP contribution in [0.2, 0.25) is 5.02 Å². The van der Waals surface area contributed by atoms with Crippen LogP contribution in [0.3, 0.4) is 0 Å². The molecule has 1 aliphatic rings. The van der Waals surface area contributed by atoms with Crippen LogP contribution in [0.25, 0.3) is 0 Å². The summed E-state index contributed by atoms with van der Waals surface area (Å²) < 4.78 is 5.78. The van der Waals surface area contributed by atoms with Gasteiger partial charge in [0.25, 0.3) is 0 Å². The molecule has 0 bridgehead atoms. The molecule has 3 heterocycles. The summed E-state index contributed by atoms with van der Waals surface area (Å²) in [7, 11) is 0. The number of hydrogen-bond acceptors (Lipinski definition) is 5. The molecule has 21 heavy (non-hydrogen) atoms. The van der Waals surface area contributed by atoms with Gasteiger partial charge in [-0.3, -0.25) is 0 Å². The minimum absolute atomic E-state index is 0.487. The zero-order valence-electron chi connectivity index (χ0n) is 12.0. The molecule has 3 rings (SSSR count). The zero-order chi connectivity index (χ0) is 14.7. The number of pyridine rings is 1. The van der Waals surface area contributed by atoms with E-state index in [9.17, 15) is 0 Å². The lowest BCUT2D eigenvalue weighted by Crippen LogP contribution is -2.37. The molecule has 1 aliphatic heterocycles. The van der Waals surface area contributed by atoms with Crippen molar-refractivity contribution in [2.45, 2.75) is 19.8 Å². The van der Waals surface area contributed by atoms with E-state index in [1.807, 2.05) is 12.3 Å². The first-order chi connectivity index (χ1) is 10.2. The second-order valence-corrected chi connectivity index (χ2v) is 6.93. The van der Waals surface area contributed by atoms with Gasteiger partial charge in [-0.15, -0.1) is 11.3 Å². The number of aryl methyl sites for hydroxylation is 1. The van der Waals surface area contributed by atoms with E-state index >= 15 is 0 Å². The van der Waals surface area contributed by atoms with Crippen LogP contribution in [-0.4, -0.2) is 29.7 Å². The molecule has 4 nitrogen and oxygen atoms in total. The van der Waals surface area contributed by atoms with E-state index in [1.54, 1.807) is 23.6 Å². The maximum absolute atomic E-state index is 6.06. The van der Waals surface area contributed by atoms with E-state index in [0.29, 0.717) is 23.4 Å². The van der Waals surface area contributed by atoms with Crippen molar-refractivity contribution in [3.63, 3.8) is 0 Å². The highest BCUT2D eigenvalue weighted by Crippen LogP contribution is 2.28. The number of piperidine rings is 1. The fourth-order valence-electron chi connectivity index (χ4n) is 2.54. The topological polar surface area (TPSA) is 38.2 Å². The van der Waals surface area contributed by atoms with Crippen LogP contribution >= 0.6 is 22.9 Å². The third-order valence-electron chi connectivity index (χ3n) is 3.58. The van der Waals surface area contributed by atoms with Crippen LogP contribution in [-0.2, 0) is 0 Å². The van der Waals surface area contributed by atoms with Gasteiger partial charge in [-0.25, -0.2) is 9.97 Å². The van der Waals surface area contributed by atoms with E-state index in [4.69, 9.17) is 16.3 Å². The van der Waals surface area contributed by atoms with Crippen molar-refractivity contribution >= 4 is 28.1 Å². The fraction of sp³-hybridized carbons (Fsp3) is 0.467. The lowest BCUT2D eigenvalue weighted by Gasteiger charge is -2.32. The summed E-state index contributed by atoms with van der Waals surface area (Å²) >= 11 is 7.82. The number of rotatable bonds is 4. The van der Waals surface area contributed by atoms with Gasteiger partial charge in [0.15, 0.2) is 5.13 Å².